The number of benzene rings is 2. The molecule has 0 fully saturated rings. The van der Waals surface area contributed by atoms with Gasteiger partial charge in [-0.25, -0.2) is 4.79 Å². The Morgan fingerprint density at radius 2 is 1.83 bits per heavy atom. The average molecular weight is 485 g/mol. The molecule has 5 rings (SSSR count). The zero-order valence-electron chi connectivity index (χ0n) is 19.5. The summed E-state index contributed by atoms with van der Waals surface area (Å²) in [5.74, 6) is -0.387. The van der Waals surface area contributed by atoms with E-state index < -0.39 is 12.0 Å². The van der Waals surface area contributed by atoms with Crippen molar-refractivity contribution >= 4 is 29.5 Å². The molecule has 36 heavy (non-hydrogen) atoms. The lowest BCUT2D eigenvalue weighted by Crippen LogP contribution is -2.49. The number of nitrogens with one attached hydrogen (secondary N) is 1. The molecule has 0 spiro atoms. The standard InChI is InChI=1S/C26H24N6O4/c1-16-8-10-19(11-9-16)28-26-30-22(29-25(27)31-26)15-36-24(34)20-13-17-5-2-3-6-18(17)14-32(20)23(33)21-7-4-12-35-21/h2-12,20H,13-15H2,1H3,(H3,27,28,29,30,31)/t20-/m1/s1. The lowest BCUT2D eigenvalue weighted by molar-refractivity contribution is -0.151. The number of ether oxygens (including phenoxy) is 1. The molecule has 1 amide bonds. The number of aromatic nitrogens is 3. The molecule has 182 valence electrons. The van der Waals surface area contributed by atoms with Crippen LogP contribution in [-0.4, -0.2) is 37.8 Å². The van der Waals surface area contributed by atoms with Gasteiger partial charge in [-0.05, 0) is 42.3 Å². The van der Waals surface area contributed by atoms with Crippen molar-refractivity contribution in [2.75, 3.05) is 11.1 Å². The SMILES string of the molecule is Cc1ccc(Nc2nc(N)nc(COC(=O)[C@H]3Cc4ccccc4CN3C(=O)c3ccco3)n2)cc1. The number of aryl methyl sites for hydroxylation is 1. The van der Waals surface area contributed by atoms with Crippen molar-refractivity contribution in [1.82, 2.24) is 19.9 Å². The third kappa shape index (κ3) is 5.02. The molecule has 1 aliphatic rings. The minimum Gasteiger partial charge on any atom is -0.459 e. The number of esters is 1. The number of hydrogen-bond acceptors (Lipinski definition) is 9. The number of anilines is 3. The van der Waals surface area contributed by atoms with E-state index in [-0.39, 0.29) is 42.5 Å². The Balaban J connectivity index is 1.32. The van der Waals surface area contributed by atoms with E-state index in [4.69, 9.17) is 14.9 Å². The van der Waals surface area contributed by atoms with Gasteiger partial charge < -0.3 is 25.1 Å². The van der Waals surface area contributed by atoms with E-state index >= 15 is 0 Å². The Morgan fingerprint density at radius 3 is 2.58 bits per heavy atom. The molecule has 0 saturated carbocycles. The summed E-state index contributed by atoms with van der Waals surface area (Å²) in [6.45, 7) is 2.03. The summed E-state index contributed by atoms with van der Waals surface area (Å²) in [7, 11) is 0. The molecule has 10 heteroatoms. The Hall–Kier alpha value is -4.73. The number of furan rings is 1. The largest absolute Gasteiger partial charge is 0.459 e. The van der Waals surface area contributed by atoms with Gasteiger partial charge in [0.15, 0.2) is 18.2 Å². The third-order valence-corrected chi connectivity index (χ3v) is 5.86. The lowest BCUT2D eigenvalue weighted by atomic mass is 9.93. The quantitative estimate of drug-likeness (QED) is 0.394. The molecule has 4 aromatic rings. The fourth-order valence-electron chi connectivity index (χ4n) is 4.05. The monoisotopic (exact) mass is 484 g/mol. The second kappa shape index (κ2) is 9.87. The van der Waals surface area contributed by atoms with Gasteiger partial charge >= 0.3 is 5.97 Å². The van der Waals surface area contributed by atoms with Crippen LogP contribution in [0.15, 0.2) is 71.3 Å². The number of rotatable bonds is 6. The average Bonchev–Trinajstić information content (AvgIpc) is 3.42. The highest BCUT2D eigenvalue weighted by Gasteiger charge is 2.37. The Bertz CT molecular complexity index is 1390. The van der Waals surface area contributed by atoms with Crippen LogP contribution < -0.4 is 11.1 Å². The number of carbonyl (C=O) groups excluding carboxylic acids is 2. The molecule has 0 unspecified atom stereocenters. The van der Waals surface area contributed by atoms with E-state index in [0.29, 0.717) is 6.42 Å². The van der Waals surface area contributed by atoms with Crippen molar-refractivity contribution in [2.45, 2.75) is 32.5 Å². The molecule has 2 aromatic heterocycles. The van der Waals surface area contributed by atoms with Crippen molar-refractivity contribution in [3.8, 4) is 0 Å². The minimum atomic E-state index is -0.832. The van der Waals surface area contributed by atoms with Crippen molar-refractivity contribution in [3.63, 3.8) is 0 Å². The summed E-state index contributed by atoms with van der Waals surface area (Å²) in [4.78, 5) is 40.3. The molecule has 0 aliphatic carbocycles. The predicted octanol–water partition coefficient (Wildman–Crippen LogP) is 3.41. The number of carbonyl (C=O) groups is 2. The van der Waals surface area contributed by atoms with Crippen LogP contribution in [0.2, 0.25) is 0 Å². The molecular formula is C26H24N6O4. The van der Waals surface area contributed by atoms with Crippen LogP contribution >= 0.6 is 0 Å². The highest BCUT2D eigenvalue weighted by atomic mass is 16.5. The molecule has 0 bridgehead atoms. The summed E-state index contributed by atoms with van der Waals surface area (Å²) < 4.78 is 10.8. The van der Waals surface area contributed by atoms with E-state index in [1.54, 1.807) is 12.1 Å². The van der Waals surface area contributed by atoms with E-state index in [9.17, 15) is 9.59 Å². The fourth-order valence-corrected chi connectivity index (χ4v) is 4.05. The summed E-state index contributed by atoms with van der Waals surface area (Å²) in [6.07, 6.45) is 1.74. The zero-order valence-corrected chi connectivity index (χ0v) is 19.5. The van der Waals surface area contributed by atoms with Gasteiger partial charge in [-0.3, -0.25) is 4.79 Å². The van der Waals surface area contributed by atoms with Crippen LogP contribution in [0.5, 0.6) is 0 Å². The van der Waals surface area contributed by atoms with Crippen molar-refractivity contribution in [1.29, 1.82) is 0 Å². The predicted molar refractivity (Wildman–Crippen MR) is 131 cm³/mol. The number of fused-ring (bicyclic) bond motifs is 1. The van der Waals surface area contributed by atoms with Crippen LogP contribution in [0.4, 0.5) is 17.6 Å². The van der Waals surface area contributed by atoms with Gasteiger partial charge in [-0.15, -0.1) is 0 Å². The Kier molecular flexibility index (Phi) is 6.31. The maximum atomic E-state index is 13.2. The maximum absolute atomic E-state index is 13.2. The summed E-state index contributed by atoms with van der Waals surface area (Å²) in [5.41, 5.74) is 9.70. The van der Waals surface area contributed by atoms with Crippen LogP contribution in [0.3, 0.4) is 0 Å². The number of nitrogens with two attached hydrogens (primary N) is 1. The van der Waals surface area contributed by atoms with Crippen molar-refractivity contribution in [2.24, 2.45) is 0 Å². The molecule has 0 radical (unpaired) electrons. The highest BCUT2D eigenvalue weighted by molar-refractivity contribution is 5.95. The smallest absolute Gasteiger partial charge is 0.329 e. The number of nitrogen functional groups attached to an aromatic ring is 1. The second-order valence-corrected chi connectivity index (χ2v) is 8.43. The summed E-state index contributed by atoms with van der Waals surface area (Å²) in [5, 5.41) is 3.07. The first kappa shape index (κ1) is 23.0. The van der Waals surface area contributed by atoms with Gasteiger partial charge in [0, 0.05) is 18.7 Å². The van der Waals surface area contributed by atoms with Gasteiger partial charge in [0.05, 0.1) is 6.26 Å². The highest BCUT2D eigenvalue weighted by Crippen LogP contribution is 2.26. The summed E-state index contributed by atoms with van der Waals surface area (Å²) >= 11 is 0. The van der Waals surface area contributed by atoms with Gasteiger partial charge in [0.1, 0.15) is 6.04 Å². The number of nitrogens with zero attached hydrogens (tertiary/aromatic N) is 4. The van der Waals surface area contributed by atoms with Crippen molar-refractivity contribution < 1.29 is 18.7 Å². The molecule has 1 atom stereocenters. The molecular weight excluding hydrogens is 460 g/mol. The number of hydrogen-bond donors (Lipinski definition) is 2. The van der Waals surface area contributed by atoms with Crippen LogP contribution in [0, 0.1) is 6.92 Å². The summed E-state index contributed by atoms with van der Waals surface area (Å²) in [6, 6.07) is 17.7. The Morgan fingerprint density at radius 1 is 1.06 bits per heavy atom. The van der Waals surface area contributed by atoms with Gasteiger partial charge in [-0.2, -0.15) is 15.0 Å². The molecule has 2 aromatic carbocycles. The van der Waals surface area contributed by atoms with Crippen LogP contribution in [-0.2, 0) is 29.1 Å². The van der Waals surface area contributed by atoms with Gasteiger partial charge in [0.2, 0.25) is 11.9 Å². The zero-order chi connectivity index (χ0) is 25.1. The minimum absolute atomic E-state index is 0.00752. The second-order valence-electron chi connectivity index (χ2n) is 8.43. The molecule has 3 heterocycles. The molecule has 1 aliphatic heterocycles. The number of amides is 1. The third-order valence-electron chi connectivity index (χ3n) is 5.86. The van der Waals surface area contributed by atoms with E-state index in [0.717, 1.165) is 22.4 Å². The molecule has 0 saturated heterocycles. The normalized spacial score (nSPS) is 14.7. The molecule has 3 N–H and O–H groups in total. The topological polar surface area (TPSA) is 136 Å². The van der Waals surface area contributed by atoms with Gasteiger partial charge in [0.25, 0.3) is 5.91 Å². The maximum Gasteiger partial charge on any atom is 0.329 e. The van der Waals surface area contributed by atoms with E-state index in [1.807, 2.05) is 55.5 Å². The lowest BCUT2D eigenvalue weighted by Gasteiger charge is -2.34. The van der Waals surface area contributed by atoms with Crippen LogP contribution in [0.25, 0.3) is 0 Å². The van der Waals surface area contributed by atoms with E-state index in [1.165, 1.54) is 11.2 Å². The van der Waals surface area contributed by atoms with E-state index in [2.05, 4.69) is 20.3 Å². The van der Waals surface area contributed by atoms with Gasteiger partial charge in [-0.1, -0.05) is 42.0 Å². The first-order chi connectivity index (χ1) is 17.5. The van der Waals surface area contributed by atoms with Crippen molar-refractivity contribution in [3.05, 3.63) is 95.2 Å². The Labute approximate surface area is 207 Å². The molecule has 10 nitrogen and oxygen atoms in total. The van der Waals surface area contributed by atoms with Crippen LogP contribution in [0.1, 0.15) is 33.1 Å². The first-order valence-electron chi connectivity index (χ1n) is 11.4. The fraction of sp³-hybridized carbons (Fsp3) is 0.192. The first-order valence-corrected chi connectivity index (χ1v) is 11.4.